The number of hydrogen-bond acceptors (Lipinski definition) is 6. The molecule has 0 radical (unpaired) electrons. The smallest absolute Gasteiger partial charge is 0.255 e. The molecule has 3 heterocycles. The standard InChI is InChI=1S/C13H14N2O6/c16-4-7-9(18)10(19)11(21-7)6-3-5-1-2-8(17)14-12(5)15-13(6)20/h1-3,7,9-11,16,18-19H,4H2,(H2,14,15,17,20)/t7-,9+,10?,11+/m1/s1. The van der Waals surface area contributed by atoms with Crippen molar-refractivity contribution in [3.63, 3.8) is 0 Å². The maximum atomic E-state index is 12.1. The lowest BCUT2D eigenvalue weighted by Crippen LogP contribution is -2.33. The van der Waals surface area contributed by atoms with Gasteiger partial charge in [-0.15, -0.1) is 0 Å². The molecule has 2 aromatic rings. The van der Waals surface area contributed by atoms with Crippen LogP contribution in [0.4, 0.5) is 0 Å². The molecule has 21 heavy (non-hydrogen) atoms. The number of pyridine rings is 2. The molecule has 112 valence electrons. The summed E-state index contributed by atoms with van der Waals surface area (Å²) in [4.78, 5) is 28.3. The van der Waals surface area contributed by atoms with Gasteiger partial charge in [-0.1, -0.05) is 0 Å². The molecule has 0 bridgehead atoms. The predicted molar refractivity (Wildman–Crippen MR) is 71.9 cm³/mol. The second-order valence-corrected chi connectivity index (χ2v) is 4.97. The summed E-state index contributed by atoms with van der Waals surface area (Å²) in [5, 5.41) is 29.3. The minimum absolute atomic E-state index is 0.122. The molecule has 0 aromatic carbocycles. The fraction of sp³-hybridized carbons (Fsp3) is 0.385. The van der Waals surface area contributed by atoms with Gasteiger partial charge in [0.2, 0.25) is 5.56 Å². The van der Waals surface area contributed by atoms with E-state index < -0.39 is 36.6 Å². The third kappa shape index (κ3) is 2.28. The predicted octanol–water partition coefficient (Wildman–Crippen LogP) is -1.63. The van der Waals surface area contributed by atoms with E-state index in [1.165, 1.54) is 18.2 Å². The Bertz CT molecular complexity index is 782. The van der Waals surface area contributed by atoms with Crippen molar-refractivity contribution in [1.82, 2.24) is 9.97 Å². The number of ether oxygens (including phenoxy) is 1. The number of fused-ring (bicyclic) bond motifs is 1. The van der Waals surface area contributed by atoms with Gasteiger partial charge in [-0.2, -0.15) is 0 Å². The van der Waals surface area contributed by atoms with Crippen LogP contribution in [0.5, 0.6) is 0 Å². The lowest BCUT2D eigenvalue weighted by Gasteiger charge is -2.14. The number of nitrogens with one attached hydrogen (secondary N) is 2. The first-order valence-corrected chi connectivity index (χ1v) is 6.40. The Morgan fingerprint density at radius 3 is 2.57 bits per heavy atom. The number of hydrogen-bond donors (Lipinski definition) is 5. The van der Waals surface area contributed by atoms with Crippen LogP contribution in [-0.2, 0) is 4.74 Å². The first-order chi connectivity index (χ1) is 10.0. The summed E-state index contributed by atoms with van der Waals surface area (Å²) in [6.07, 6.45) is -4.58. The van der Waals surface area contributed by atoms with Crippen molar-refractivity contribution in [2.24, 2.45) is 0 Å². The maximum Gasteiger partial charge on any atom is 0.255 e. The van der Waals surface area contributed by atoms with E-state index in [2.05, 4.69) is 9.97 Å². The van der Waals surface area contributed by atoms with Gasteiger partial charge in [0.05, 0.1) is 6.61 Å². The molecule has 4 atom stereocenters. The summed E-state index contributed by atoms with van der Waals surface area (Å²) in [7, 11) is 0. The molecular formula is C13H14N2O6. The van der Waals surface area contributed by atoms with Crippen LogP contribution in [0.15, 0.2) is 27.8 Å². The molecule has 1 aliphatic heterocycles. The summed E-state index contributed by atoms with van der Waals surface area (Å²) in [5.74, 6) is 0. The van der Waals surface area contributed by atoms with E-state index in [-0.39, 0.29) is 16.8 Å². The van der Waals surface area contributed by atoms with E-state index in [1.54, 1.807) is 0 Å². The van der Waals surface area contributed by atoms with Gasteiger partial charge in [0, 0.05) is 17.0 Å². The van der Waals surface area contributed by atoms with Crippen LogP contribution in [-0.4, -0.2) is 50.2 Å². The fourth-order valence-electron chi connectivity index (χ4n) is 2.50. The Hall–Kier alpha value is -2.00. The van der Waals surface area contributed by atoms with Crippen molar-refractivity contribution in [2.45, 2.75) is 24.4 Å². The second kappa shape index (κ2) is 5.08. The van der Waals surface area contributed by atoms with Crippen LogP contribution in [0.25, 0.3) is 11.0 Å². The van der Waals surface area contributed by atoms with Gasteiger partial charge in [-0.25, -0.2) is 0 Å². The highest BCUT2D eigenvalue weighted by atomic mass is 16.6. The molecule has 2 aromatic heterocycles. The SMILES string of the molecule is O=c1ccc2cc([C@@H]3O[C@H](CO)[C@H](O)C3O)c(=O)[nH]c2[nH]1. The van der Waals surface area contributed by atoms with Gasteiger partial charge in [0.15, 0.2) is 0 Å². The van der Waals surface area contributed by atoms with Crippen LogP contribution in [0.3, 0.4) is 0 Å². The highest BCUT2D eigenvalue weighted by Crippen LogP contribution is 2.32. The summed E-state index contributed by atoms with van der Waals surface area (Å²) in [6, 6.07) is 4.31. The quantitative estimate of drug-likeness (QED) is 0.451. The van der Waals surface area contributed by atoms with E-state index in [0.717, 1.165) is 0 Å². The molecule has 8 heteroatoms. The van der Waals surface area contributed by atoms with Crippen LogP contribution < -0.4 is 11.1 Å². The fourth-order valence-corrected chi connectivity index (χ4v) is 2.50. The van der Waals surface area contributed by atoms with Crippen molar-refractivity contribution in [3.8, 4) is 0 Å². The molecule has 0 amide bonds. The molecule has 0 aliphatic carbocycles. The van der Waals surface area contributed by atoms with E-state index in [4.69, 9.17) is 9.84 Å². The average molecular weight is 294 g/mol. The zero-order valence-electron chi connectivity index (χ0n) is 10.8. The van der Waals surface area contributed by atoms with Gasteiger partial charge in [0.25, 0.3) is 5.56 Å². The third-order valence-electron chi connectivity index (χ3n) is 3.61. The van der Waals surface area contributed by atoms with E-state index >= 15 is 0 Å². The lowest BCUT2D eigenvalue weighted by atomic mass is 10.0. The van der Waals surface area contributed by atoms with Crippen LogP contribution in [0, 0.1) is 0 Å². The summed E-state index contributed by atoms with van der Waals surface area (Å²) in [6.45, 7) is -0.465. The molecule has 3 rings (SSSR count). The van der Waals surface area contributed by atoms with Gasteiger partial charge in [-0.05, 0) is 12.1 Å². The Morgan fingerprint density at radius 1 is 1.14 bits per heavy atom. The number of H-pyrrole nitrogens is 2. The number of rotatable bonds is 2. The molecule has 8 nitrogen and oxygen atoms in total. The van der Waals surface area contributed by atoms with E-state index in [0.29, 0.717) is 5.39 Å². The topological polar surface area (TPSA) is 136 Å². The average Bonchev–Trinajstić information content (AvgIpc) is 2.74. The van der Waals surface area contributed by atoms with Crippen LogP contribution >= 0.6 is 0 Å². The number of aliphatic hydroxyl groups is 3. The molecular weight excluding hydrogens is 280 g/mol. The van der Waals surface area contributed by atoms with Crippen molar-refractivity contribution in [2.75, 3.05) is 6.61 Å². The zero-order chi connectivity index (χ0) is 15.1. The highest BCUT2D eigenvalue weighted by Gasteiger charge is 2.44. The number of aromatic amines is 2. The Morgan fingerprint density at radius 2 is 1.90 bits per heavy atom. The molecule has 1 aliphatic rings. The van der Waals surface area contributed by atoms with Crippen molar-refractivity contribution >= 4 is 11.0 Å². The number of aliphatic hydroxyl groups excluding tert-OH is 3. The maximum absolute atomic E-state index is 12.1. The summed E-state index contributed by atoms with van der Waals surface area (Å²) >= 11 is 0. The van der Waals surface area contributed by atoms with Crippen LogP contribution in [0.2, 0.25) is 0 Å². The zero-order valence-corrected chi connectivity index (χ0v) is 10.8. The Labute approximate surface area is 117 Å². The Balaban J connectivity index is 2.09. The normalized spacial score (nSPS) is 29.1. The molecule has 0 spiro atoms. The lowest BCUT2D eigenvalue weighted by molar-refractivity contribution is -0.0231. The number of aromatic nitrogens is 2. The van der Waals surface area contributed by atoms with E-state index in [1.807, 2.05) is 0 Å². The van der Waals surface area contributed by atoms with Crippen LogP contribution in [0.1, 0.15) is 11.7 Å². The minimum Gasteiger partial charge on any atom is -0.394 e. The van der Waals surface area contributed by atoms with Gasteiger partial charge in [-0.3, -0.25) is 9.59 Å². The molecule has 1 fully saturated rings. The molecule has 5 N–H and O–H groups in total. The first-order valence-electron chi connectivity index (χ1n) is 6.40. The molecule has 0 saturated carbocycles. The van der Waals surface area contributed by atoms with Crippen molar-refractivity contribution < 1.29 is 20.1 Å². The second-order valence-electron chi connectivity index (χ2n) is 4.97. The third-order valence-corrected chi connectivity index (χ3v) is 3.61. The van der Waals surface area contributed by atoms with Gasteiger partial charge in [0.1, 0.15) is 30.1 Å². The molecule has 1 saturated heterocycles. The Kier molecular flexibility index (Phi) is 3.38. The molecule has 1 unspecified atom stereocenters. The highest BCUT2D eigenvalue weighted by molar-refractivity contribution is 5.74. The largest absolute Gasteiger partial charge is 0.394 e. The van der Waals surface area contributed by atoms with Crippen molar-refractivity contribution in [1.29, 1.82) is 0 Å². The van der Waals surface area contributed by atoms with Gasteiger partial charge < -0.3 is 30.0 Å². The monoisotopic (exact) mass is 294 g/mol. The first kappa shape index (κ1) is 14.0. The van der Waals surface area contributed by atoms with Gasteiger partial charge >= 0.3 is 0 Å². The summed E-state index contributed by atoms with van der Waals surface area (Å²) in [5.41, 5.74) is -0.502. The van der Waals surface area contributed by atoms with Crippen molar-refractivity contribution in [3.05, 3.63) is 44.5 Å². The summed E-state index contributed by atoms with van der Waals surface area (Å²) < 4.78 is 5.33. The minimum atomic E-state index is -1.32. The van der Waals surface area contributed by atoms with E-state index in [9.17, 15) is 19.8 Å².